The Morgan fingerprint density at radius 2 is 2.29 bits per heavy atom. The Balaban J connectivity index is 2.38. The number of rotatable bonds is 5. The molecule has 0 aromatic heterocycles. The third-order valence-electron chi connectivity index (χ3n) is 3.19. The fourth-order valence-corrected chi connectivity index (χ4v) is 2.30. The third kappa shape index (κ3) is 4.90. The second kappa shape index (κ2) is 6.20. The van der Waals surface area contributed by atoms with Crippen molar-refractivity contribution >= 4 is 5.97 Å². The average molecular weight is 240 g/mol. The van der Waals surface area contributed by atoms with Crippen molar-refractivity contribution in [1.82, 2.24) is 0 Å². The first kappa shape index (κ1) is 14.2. The zero-order chi connectivity index (χ0) is 12.9. The number of hydrogen-bond donors (Lipinski definition) is 0. The zero-order valence-corrected chi connectivity index (χ0v) is 11.4. The Morgan fingerprint density at radius 1 is 1.59 bits per heavy atom. The Bertz CT molecular complexity index is 283. The molecule has 3 nitrogen and oxygen atoms in total. The van der Waals surface area contributed by atoms with Gasteiger partial charge in [0, 0.05) is 6.08 Å². The monoisotopic (exact) mass is 240 g/mol. The van der Waals surface area contributed by atoms with Gasteiger partial charge < -0.3 is 9.47 Å². The largest absolute Gasteiger partial charge is 0.466 e. The van der Waals surface area contributed by atoms with Crippen LogP contribution in [0.5, 0.6) is 0 Å². The van der Waals surface area contributed by atoms with Crippen LogP contribution in [-0.4, -0.2) is 24.8 Å². The van der Waals surface area contributed by atoms with Gasteiger partial charge in [-0.2, -0.15) is 0 Å². The normalized spacial score (nSPS) is 29.1. The van der Waals surface area contributed by atoms with E-state index in [0.717, 1.165) is 25.7 Å². The summed E-state index contributed by atoms with van der Waals surface area (Å²) in [6.45, 7) is 6.56. The van der Waals surface area contributed by atoms with Gasteiger partial charge in [0.1, 0.15) is 0 Å². The van der Waals surface area contributed by atoms with E-state index in [1.807, 2.05) is 6.08 Å². The molecule has 0 radical (unpaired) electrons. The van der Waals surface area contributed by atoms with Crippen LogP contribution >= 0.6 is 0 Å². The van der Waals surface area contributed by atoms with Gasteiger partial charge in [0.05, 0.1) is 18.8 Å². The van der Waals surface area contributed by atoms with Crippen LogP contribution in [-0.2, 0) is 14.3 Å². The average Bonchev–Trinajstić information content (AvgIpc) is 2.59. The van der Waals surface area contributed by atoms with E-state index in [1.165, 1.54) is 13.2 Å². The predicted octanol–water partition coefficient (Wildman–Crippen LogP) is 3.09. The van der Waals surface area contributed by atoms with Crippen LogP contribution in [0.1, 0.15) is 46.5 Å². The van der Waals surface area contributed by atoms with Crippen molar-refractivity contribution in [3.63, 3.8) is 0 Å². The highest BCUT2D eigenvalue weighted by molar-refractivity contribution is 5.81. The summed E-state index contributed by atoms with van der Waals surface area (Å²) in [5.41, 5.74) is -0.107. The van der Waals surface area contributed by atoms with Crippen LogP contribution in [0.15, 0.2) is 12.2 Å². The fourth-order valence-electron chi connectivity index (χ4n) is 2.30. The second-order valence-corrected chi connectivity index (χ2v) is 5.49. The van der Waals surface area contributed by atoms with Crippen molar-refractivity contribution in [2.75, 3.05) is 7.11 Å². The molecule has 3 heteroatoms. The molecule has 0 saturated carbocycles. The molecule has 0 bridgehead atoms. The third-order valence-corrected chi connectivity index (χ3v) is 3.19. The minimum absolute atomic E-state index is 0.107. The number of carbonyl (C=O) groups excluding carboxylic acids is 1. The molecule has 2 atom stereocenters. The van der Waals surface area contributed by atoms with Gasteiger partial charge in [-0.3, -0.25) is 0 Å². The van der Waals surface area contributed by atoms with Gasteiger partial charge in [0.2, 0.25) is 0 Å². The van der Waals surface area contributed by atoms with Crippen molar-refractivity contribution in [1.29, 1.82) is 0 Å². The maximum absolute atomic E-state index is 10.9. The van der Waals surface area contributed by atoms with Crippen LogP contribution in [0.2, 0.25) is 0 Å². The summed E-state index contributed by atoms with van der Waals surface area (Å²) in [5, 5.41) is 0. The van der Waals surface area contributed by atoms with Crippen LogP contribution in [0, 0.1) is 5.92 Å². The van der Waals surface area contributed by atoms with E-state index < -0.39 is 0 Å². The molecule has 17 heavy (non-hydrogen) atoms. The van der Waals surface area contributed by atoms with Crippen molar-refractivity contribution in [2.24, 2.45) is 5.92 Å². The number of esters is 1. The summed E-state index contributed by atoms with van der Waals surface area (Å²) in [6, 6.07) is 0. The molecule has 1 saturated heterocycles. The molecule has 0 aromatic rings. The number of methoxy groups -OCH3 is 1. The highest BCUT2D eigenvalue weighted by Gasteiger charge is 2.34. The molecule has 1 heterocycles. The number of carbonyl (C=O) groups is 1. The van der Waals surface area contributed by atoms with Crippen LogP contribution in [0.25, 0.3) is 0 Å². The van der Waals surface area contributed by atoms with E-state index in [2.05, 4.69) is 25.5 Å². The van der Waals surface area contributed by atoms with Crippen molar-refractivity contribution in [3.8, 4) is 0 Å². The lowest BCUT2D eigenvalue weighted by atomic mass is 9.97. The van der Waals surface area contributed by atoms with E-state index >= 15 is 0 Å². The van der Waals surface area contributed by atoms with Gasteiger partial charge in [0.15, 0.2) is 0 Å². The molecule has 0 N–H and O–H groups in total. The molecule has 98 valence electrons. The maximum Gasteiger partial charge on any atom is 0.330 e. The summed E-state index contributed by atoms with van der Waals surface area (Å²) in [5.74, 6) is 0.373. The lowest BCUT2D eigenvalue weighted by Gasteiger charge is -2.24. The van der Waals surface area contributed by atoms with Gasteiger partial charge in [-0.05, 0) is 38.5 Å². The first-order chi connectivity index (χ1) is 7.95. The summed E-state index contributed by atoms with van der Waals surface area (Å²) in [4.78, 5) is 10.9. The van der Waals surface area contributed by atoms with Gasteiger partial charge >= 0.3 is 5.97 Å². The molecule has 0 aromatic carbocycles. The zero-order valence-electron chi connectivity index (χ0n) is 11.4. The Hall–Kier alpha value is -0.830. The standard InChI is InChI=1S/C14H24O3/c1-11(2)10-12-7-9-14(3,17-12)8-5-6-13(15)16-4/h5-6,11-12H,7-10H2,1-4H3/b6-5+. The summed E-state index contributed by atoms with van der Waals surface area (Å²) < 4.78 is 10.6. The molecule has 0 spiro atoms. The summed E-state index contributed by atoms with van der Waals surface area (Å²) in [6.07, 6.45) is 7.80. The molecule has 0 amide bonds. The number of hydrogen-bond acceptors (Lipinski definition) is 3. The van der Waals surface area contributed by atoms with Crippen LogP contribution in [0.3, 0.4) is 0 Å². The Labute approximate surface area is 104 Å². The first-order valence-electron chi connectivity index (χ1n) is 6.37. The Kier molecular flexibility index (Phi) is 5.19. The molecule has 1 aliphatic rings. The van der Waals surface area contributed by atoms with E-state index in [0.29, 0.717) is 12.0 Å². The van der Waals surface area contributed by atoms with E-state index in [1.54, 1.807) is 0 Å². The van der Waals surface area contributed by atoms with Gasteiger partial charge in [0.25, 0.3) is 0 Å². The maximum atomic E-state index is 10.9. The summed E-state index contributed by atoms with van der Waals surface area (Å²) in [7, 11) is 1.39. The topological polar surface area (TPSA) is 35.5 Å². The van der Waals surface area contributed by atoms with E-state index in [4.69, 9.17) is 4.74 Å². The predicted molar refractivity (Wildman–Crippen MR) is 67.7 cm³/mol. The smallest absolute Gasteiger partial charge is 0.330 e. The van der Waals surface area contributed by atoms with Gasteiger partial charge in [-0.25, -0.2) is 4.79 Å². The molecule has 0 aliphatic carbocycles. The highest BCUT2D eigenvalue weighted by Crippen LogP contribution is 2.35. The van der Waals surface area contributed by atoms with Crippen molar-refractivity contribution in [3.05, 3.63) is 12.2 Å². The lowest BCUT2D eigenvalue weighted by molar-refractivity contribution is -0.134. The quantitative estimate of drug-likeness (QED) is 0.547. The van der Waals surface area contributed by atoms with Gasteiger partial charge in [-0.15, -0.1) is 0 Å². The summed E-state index contributed by atoms with van der Waals surface area (Å²) >= 11 is 0. The minimum Gasteiger partial charge on any atom is -0.466 e. The Morgan fingerprint density at radius 3 is 2.88 bits per heavy atom. The van der Waals surface area contributed by atoms with Crippen molar-refractivity contribution < 1.29 is 14.3 Å². The molecular formula is C14H24O3. The minimum atomic E-state index is -0.301. The van der Waals surface area contributed by atoms with E-state index in [-0.39, 0.29) is 11.6 Å². The fraction of sp³-hybridized carbons (Fsp3) is 0.786. The molecule has 1 aliphatic heterocycles. The SMILES string of the molecule is COC(=O)/C=C/CC1(C)CCC(CC(C)C)O1. The second-order valence-electron chi connectivity index (χ2n) is 5.49. The highest BCUT2D eigenvalue weighted by atomic mass is 16.5. The van der Waals surface area contributed by atoms with Crippen LogP contribution < -0.4 is 0 Å². The van der Waals surface area contributed by atoms with E-state index in [9.17, 15) is 4.79 Å². The molecule has 2 unspecified atom stereocenters. The van der Waals surface area contributed by atoms with Crippen LogP contribution in [0.4, 0.5) is 0 Å². The molecule has 1 rings (SSSR count). The molecule has 1 fully saturated rings. The lowest BCUT2D eigenvalue weighted by Crippen LogP contribution is -2.24. The van der Waals surface area contributed by atoms with Gasteiger partial charge in [-0.1, -0.05) is 19.9 Å². The van der Waals surface area contributed by atoms with Crippen molar-refractivity contribution in [2.45, 2.75) is 58.2 Å². The molecular weight excluding hydrogens is 216 g/mol. The number of ether oxygens (including phenoxy) is 2. The first-order valence-corrected chi connectivity index (χ1v) is 6.37.